The molecule has 0 saturated heterocycles. The third-order valence-electron chi connectivity index (χ3n) is 1.81. The first-order chi connectivity index (χ1) is 6.41. The molecule has 0 saturated carbocycles. The van der Waals surface area contributed by atoms with Crippen LogP contribution in [0.15, 0.2) is 0 Å². The zero-order chi connectivity index (χ0) is 9.78. The van der Waals surface area contributed by atoms with Gasteiger partial charge in [0.1, 0.15) is 0 Å². The maximum absolute atomic E-state index is 3.39. The molecule has 0 aromatic rings. The second-order valence-corrected chi connectivity index (χ2v) is 3.97. The minimum atomic E-state index is 0.987. The number of unbranched alkanes of at least 4 members (excludes halogenated alkanes) is 2. The molecule has 76 valence electrons. The van der Waals surface area contributed by atoms with Gasteiger partial charge in [0, 0.05) is 13.0 Å². The Kier molecular flexibility index (Phi) is 11.8. The molecule has 0 bridgehead atoms. The van der Waals surface area contributed by atoms with Crippen LogP contribution in [0, 0.1) is 11.8 Å². The van der Waals surface area contributed by atoms with Crippen LogP contribution in [0.2, 0.25) is 0 Å². The molecule has 0 heterocycles. The van der Waals surface area contributed by atoms with Gasteiger partial charge >= 0.3 is 0 Å². The Hall–Kier alpha value is -0.130. The van der Waals surface area contributed by atoms with E-state index in [-0.39, 0.29) is 0 Å². The topological polar surface area (TPSA) is 12.0 Å². The Bertz CT molecular complexity index is 146. The minimum absolute atomic E-state index is 0.987. The lowest BCUT2D eigenvalue weighted by Gasteiger charge is -2.01. The molecule has 0 spiro atoms. The number of hydrogen-bond acceptors (Lipinski definition) is 2. The molecule has 0 aliphatic rings. The number of rotatable bonds is 8. The molecule has 0 radical (unpaired) electrons. The lowest BCUT2D eigenvalue weighted by atomic mass is 10.2. The van der Waals surface area contributed by atoms with Gasteiger partial charge in [0.2, 0.25) is 0 Å². The van der Waals surface area contributed by atoms with E-state index in [1.807, 2.05) is 18.7 Å². The molecule has 0 atom stereocenters. The van der Waals surface area contributed by atoms with Crippen molar-refractivity contribution < 1.29 is 0 Å². The van der Waals surface area contributed by atoms with Gasteiger partial charge in [0.05, 0.1) is 0 Å². The average Bonchev–Trinajstić information content (AvgIpc) is 2.16. The maximum atomic E-state index is 3.39. The van der Waals surface area contributed by atoms with Gasteiger partial charge in [0.25, 0.3) is 0 Å². The summed E-state index contributed by atoms with van der Waals surface area (Å²) >= 11 is 1.94. The van der Waals surface area contributed by atoms with Gasteiger partial charge in [-0.05, 0) is 38.3 Å². The van der Waals surface area contributed by atoms with E-state index in [1.54, 1.807) is 0 Å². The number of thioether (sulfide) groups is 1. The number of nitrogens with one attached hydrogen (secondary N) is 1. The second-order valence-electron chi connectivity index (χ2n) is 2.98. The first-order valence-corrected chi connectivity index (χ1v) is 6.40. The monoisotopic (exact) mass is 199 g/mol. The van der Waals surface area contributed by atoms with Gasteiger partial charge in [-0.3, -0.25) is 0 Å². The van der Waals surface area contributed by atoms with Crippen LogP contribution in [-0.4, -0.2) is 25.1 Å². The lowest BCUT2D eigenvalue weighted by molar-refractivity contribution is 0.625. The summed E-state index contributed by atoms with van der Waals surface area (Å²) in [5, 5.41) is 3.39. The minimum Gasteiger partial charge on any atom is -0.316 e. The highest BCUT2D eigenvalue weighted by Gasteiger charge is 1.88. The molecule has 13 heavy (non-hydrogen) atoms. The van der Waals surface area contributed by atoms with Crippen molar-refractivity contribution in [3.8, 4) is 11.8 Å². The van der Waals surface area contributed by atoms with Gasteiger partial charge in [-0.2, -0.15) is 11.8 Å². The molecular formula is C11H21NS. The van der Waals surface area contributed by atoms with Gasteiger partial charge in [-0.1, -0.05) is 6.42 Å². The largest absolute Gasteiger partial charge is 0.316 e. The summed E-state index contributed by atoms with van der Waals surface area (Å²) in [7, 11) is 0. The molecule has 0 aliphatic heterocycles. The highest BCUT2D eigenvalue weighted by atomic mass is 32.2. The van der Waals surface area contributed by atoms with Gasteiger partial charge < -0.3 is 5.32 Å². The standard InChI is InChI=1S/C11H21NS/c1-3-4-6-9-12-10-7-5-8-11-13-2/h12H,5-11H2,1-2H3. The van der Waals surface area contributed by atoms with E-state index >= 15 is 0 Å². The number of hydrogen-bond donors (Lipinski definition) is 1. The molecule has 1 N–H and O–H groups in total. The van der Waals surface area contributed by atoms with E-state index in [0.29, 0.717) is 0 Å². The van der Waals surface area contributed by atoms with Crippen LogP contribution in [0.4, 0.5) is 0 Å². The molecule has 2 heteroatoms. The highest BCUT2D eigenvalue weighted by molar-refractivity contribution is 7.98. The summed E-state index contributed by atoms with van der Waals surface area (Å²) in [6.07, 6.45) is 7.17. The van der Waals surface area contributed by atoms with E-state index in [0.717, 1.165) is 19.5 Å². The summed E-state index contributed by atoms with van der Waals surface area (Å²) in [5.41, 5.74) is 0. The molecule has 0 rings (SSSR count). The van der Waals surface area contributed by atoms with Crippen molar-refractivity contribution in [3.63, 3.8) is 0 Å². The zero-order valence-corrected chi connectivity index (χ0v) is 9.67. The third-order valence-corrected chi connectivity index (χ3v) is 2.50. The average molecular weight is 199 g/mol. The van der Waals surface area contributed by atoms with E-state index in [2.05, 4.69) is 23.4 Å². The second kappa shape index (κ2) is 11.9. The Balaban J connectivity index is 2.86. The molecule has 1 nitrogen and oxygen atoms in total. The van der Waals surface area contributed by atoms with Gasteiger partial charge in [-0.15, -0.1) is 11.8 Å². The summed E-state index contributed by atoms with van der Waals surface area (Å²) in [4.78, 5) is 0. The first kappa shape index (κ1) is 12.9. The predicted octanol–water partition coefficient (Wildman–Crippen LogP) is 2.52. The van der Waals surface area contributed by atoms with Crippen molar-refractivity contribution >= 4 is 11.8 Å². The Morgan fingerprint density at radius 2 is 2.00 bits per heavy atom. The van der Waals surface area contributed by atoms with Crippen molar-refractivity contribution in [2.45, 2.75) is 32.6 Å². The van der Waals surface area contributed by atoms with Crippen molar-refractivity contribution in [3.05, 3.63) is 0 Å². The van der Waals surface area contributed by atoms with Crippen LogP contribution in [0.25, 0.3) is 0 Å². The SMILES string of the molecule is CC#CCCNCCCCCSC. The van der Waals surface area contributed by atoms with Crippen LogP contribution < -0.4 is 5.32 Å². The predicted molar refractivity (Wildman–Crippen MR) is 63.2 cm³/mol. The van der Waals surface area contributed by atoms with Crippen molar-refractivity contribution in [2.75, 3.05) is 25.1 Å². The van der Waals surface area contributed by atoms with E-state index in [4.69, 9.17) is 0 Å². The summed E-state index contributed by atoms with van der Waals surface area (Å²) in [6, 6.07) is 0. The normalized spacial score (nSPS) is 9.38. The maximum Gasteiger partial charge on any atom is 0.0214 e. The summed E-state index contributed by atoms with van der Waals surface area (Å²) in [6.45, 7) is 4.09. The van der Waals surface area contributed by atoms with E-state index in [1.165, 1.54) is 25.0 Å². The van der Waals surface area contributed by atoms with Gasteiger partial charge in [0.15, 0.2) is 0 Å². The molecule has 0 aromatic heterocycles. The fourth-order valence-corrected chi connectivity index (χ4v) is 1.57. The fraction of sp³-hybridized carbons (Fsp3) is 0.818. The Morgan fingerprint density at radius 1 is 1.15 bits per heavy atom. The molecule has 0 aromatic carbocycles. The van der Waals surface area contributed by atoms with Crippen LogP contribution in [0.1, 0.15) is 32.6 Å². The molecule has 0 amide bonds. The van der Waals surface area contributed by atoms with Crippen LogP contribution in [-0.2, 0) is 0 Å². The first-order valence-electron chi connectivity index (χ1n) is 5.01. The Morgan fingerprint density at radius 3 is 2.69 bits per heavy atom. The molecular weight excluding hydrogens is 178 g/mol. The van der Waals surface area contributed by atoms with Crippen molar-refractivity contribution in [1.82, 2.24) is 5.32 Å². The summed E-state index contributed by atoms with van der Waals surface area (Å²) < 4.78 is 0. The smallest absolute Gasteiger partial charge is 0.0214 e. The van der Waals surface area contributed by atoms with Crippen LogP contribution in [0.3, 0.4) is 0 Å². The zero-order valence-electron chi connectivity index (χ0n) is 8.86. The van der Waals surface area contributed by atoms with Crippen LogP contribution >= 0.6 is 11.8 Å². The van der Waals surface area contributed by atoms with Crippen molar-refractivity contribution in [1.29, 1.82) is 0 Å². The fourth-order valence-electron chi connectivity index (χ4n) is 1.07. The summed E-state index contributed by atoms with van der Waals surface area (Å²) in [5.74, 6) is 7.24. The van der Waals surface area contributed by atoms with Crippen LogP contribution in [0.5, 0.6) is 0 Å². The quantitative estimate of drug-likeness (QED) is 0.476. The lowest BCUT2D eigenvalue weighted by Crippen LogP contribution is -2.16. The van der Waals surface area contributed by atoms with E-state index < -0.39 is 0 Å². The molecule has 0 aliphatic carbocycles. The molecule has 0 unspecified atom stereocenters. The van der Waals surface area contributed by atoms with Crippen molar-refractivity contribution in [2.24, 2.45) is 0 Å². The van der Waals surface area contributed by atoms with Gasteiger partial charge in [-0.25, -0.2) is 0 Å². The Labute approximate surface area is 87.1 Å². The molecule has 0 fully saturated rings. The highest BCUT2D eigenvalue weighted by Crippen LogP contribution is 2.00. The van der Waals surface area contributed by atoms with E-state index in [9.17, 15) is 0 Å². The third kappa shape index (κ3) is 11.9.